The number of ether oxygens (including phenoxy) is 1. The van der Waals surface area contributed by atoms with E-state index in [1.165, 1.54) is 26.4 Å². The van der Waals surface area contributed by atoms with E-state index in [0.29, 0.717) is 5.70 Å². The van der Waals surface area contributed by atoms with E-state index in [0.717, 1.165) is 13.1 Å². The van der Waals surface area contributed by atoms with Gasteiger partial charge in [-0.3, -0.25) is 0 Å². The second kappa shape index (κ2) is 4.90. The molecule has 0 aromatic rings. The quantitative estimate of drug-likeness (QED) is 0.480. The zero-order valence-corrected chi connectivity index (χ0v) is 8.38. The smallest absolute Gasteiger partial charge is 0.353 e. The first kappa shape index (κ1) is 10.1. The van der Waals surface area contributed by atoms with Crippen LogP contribution in [-0.4, -0.2) is 31.1 Å². The lowest BCUT2D eigenvalue weighted by atomic mass is 10.1. The van der Waals surface area contributed by atoms with Gasteiger partial charge in [-0.25, -0.2) is 4.79 Å². The molecule has 1 aliphatic heterocycles. The Morgan fingerprint density at radius 1 is 1.31 bits per heavy atom. The van der Waals surface area contributed by atoms with Crippen LogP contribution >= 0.6 is 0 Å². The van der Waals surface area contributed by atoms with Gasteiger partial charge in [0.15, 0.2) is 0 Å². The predicted octanol–water partition coefficient (Wildman–Crippen LogP) is 1.55. The summed E-state index contributed by atoms with van der Waals surface area (Å²) in [5.41, 5.74) is 0.710. The minimum absolute atomic E-state index is 0.218. The lowest BCUT2D eigenvalue weighted by molar-refractivity contribution is -0.138. The number of nitrogens with zero attached hydrogens (tertiary/aromatic N) is 1. The number of carbonyl (C=O) groups is 1. The molecule has 1 rings (SSSR count). The standard InChI is InChI=1S/C10H17NO2/c1-3-9(10(12)13-2)11-7-5-4-6-8-11/h3H,4-8H2,1-2H3. The molecule has 0 radical (unpaired) electrons. The van der Waals surface area contributed by atoms with Gasteiger partial charge in [0.05, 0.1) is 7.11 Å². The molecule has 0 N–H and O–H groups in total. The monoisotopic (exact) mass is 183 g/mol. The first-order valence-electron chi connectivity index (χ1n) is 4.79. The van der Waals surface area contributed by atoms with Crippen LogP contribution in [0.25, 0.3) is 0 Å². The zero-order chi connectivity index (χ0) is 9.68. The van der Waals surface area contributed by atoms with Gasteiger partial charge < -0.3 is 9.64 Å². The number of carbonyl (C=O) groups excluding carboxylic acids is 1. The third kappa shape index (κ3) is 2.47. The van der Waals surface area contributed by atoms with Crippen molar-refractivity contribution in [3.63, 3.8) is 0 Å². The SMILES string of the molecule is CC=C(C(=O)OC)N1CCCCC1. The Morgan fingerprint density at radius 2 is 1.92 bits per heavy atom. The number of hydrogen-bond acceptors (Lipinski definition) is 3. The molecule has 1 aliphatic rings. The highest BCUT2D eigenvalue weighted by atomic mass is 16.5. The lowest BCUT2D eigenvalue weighted by Crippen LogP contribution is -2.32. The van der Waals surface area contributed by atoms with Crippen LogP contribution in [0.3, 0.4) is 0 Å². The number of allylic oxidation sites excluding steroid dienone is 1. The van der Waals surface area contributed by atoms with E-state index in [4.69, 9.17) is 4.74 Å². The predicted molar refractivity (Wildman–Crippen MR) is 51.2 cm³/mol. The van der Waals surface area contributed by atoms with E-state index in [1.54, 1.807) is 0 Å². The van der Waals surface area contributed by atoms with E-state index in [9.17, 15) is 4.79 Å². The van der Waals surface area contributed by atoms with Crippen LogP contribution in [0.5, 0.6) is 0 Å². The van der Waals surface area contributed by atoms with E-state index in [1.807, 2.05) is 13.0 Å². The summed E-state index contributed by atoms with van der Waals surface area (Å²) in [4.78, 5) is 13.4. The number of hydrogen-bond donors (Lipinski definition) is 0. The average Bonchev–Trinajstić information content (AvgIpc) is 2.20. The number of methoxy groups -OCH3 is 1. The summed E-state index contributed by atoms with van der Waals surface area (Å²) in [7, 11) is 1.43. The summed E-state index contributed by atoms with van der Waals surface area (Å²) in [5.74, 6) is -0.218. The maximum absolute atomic E-state index is 11.3. The molecule has 0 aliphatic carbocycles. The van der Waals surface area contributed by atoms with Crippen molar-refractivity contribution in [2.75, 3.05) is 20.2 Å². The summed E-state index contributed by atoms with van der Waals surface area (Å²) in [6.07, 6.45) is 5.45. The molecule has 3 nitrogen and oxygen atoms in total. The molecule has 0 bridgehead atoms. The minimum Gasteiger partial charge on any atom is -0.464 e. The van der Waals surface area contributed by atoms with Gasteiger partial charge in [-0.05, 0) is 26.2 Å². The molecule has 0 unspecified atom stereocenters. The molecule has 0 aromatic carbocycles. The fraction of sp³-hybridized carbons (Fsp3) is 0.700. The summed E-state index contributed by atoms with van der Waals surface area (Å²) in [6, 6.07) is 0. The van der Waals surface area contributed by atoms with Crippen LogP contribution in [0.2, 0.25) is 0 Å². The maximum Gasteiger partial charge on any atom is 0.353 e. The van der Waals surface area contributed by atoms with Crippen molar-refractivity contribution in [1.82, 2.24) is 4.90 Å². The molecule has 74 valence electrons. The zero-order valence-electron chi connectivity index (χ0n) is 8.38. The average molecular weight is 183 g/mol. The van der Waals surface area contributed by atoms with Gasteiger partial charge >= 0.3 is 5.97 Å². The third-order valence-corrected chi connectivity index (χ3v) is 2.36. The largest absolute Gasteiger partial charge is 0.464 e. The number of esters is 1. The highest BCUT2D eigenvalue weighted by Gasteiger charge is 2.18. The van der Waals surface area contributed by atoms with Crippen molar-refractivity contribution in [1.29, 1.82) is 0 Å². The molecule has 13 heavy (non-hydrogen) atoms. The Hall–Kier alpha value is -0.990. The van der Waals surface area contributed by atoms with Crippen molar-refractivity contribution in [3.8, 4) is 0 Å². The Labute approximate surface area is 79.4 Å². The Balaban J connectivity index is 2.60. The summed E-state index contributed by atoms with van der Waals surface area (Å²) < 4.78 is 4.71. The molecule has 0 spiro atoms. The molecular formula is C10H17NO2. The van der Waals surface area contributed by atoms with Gasteiger partial charge in [-0.1, -0.05) is 6.08 Å². The Morgan fingerprint density at radius 3 is 2.38 bits per heavy atom. The number of likely N-dealkylation sites (tertiary alicyclic amines) is 1. The van der Waals surface area contributed by atoms with E-state index in [2.05, 4.69) is 4.90 Å². The van der Waals surface area contributed by atoms with Crippen LogP contribution in [0, 0.1) is 0 Å². The van der Waals surface area contributed by atoms with Crippen molar-refractivity contribution in [3.05, 3.63) is 11.8 Å². The molecule has 0 atom stereocenters. The molecule has 3 heteroatoms. The minimum atomic E-state index is -0.218. The van der Waals surface area contributed by atoms with Crippen LogP contribution in [0.15, 0.2) is 11.8 Å². The highest BCUT2D eigenvalue weighted by molar-refractivity contribution is 5.87. The van der Waals surface area contributed by atoms with Gasteiger partial charge in [-0.15, -0.1) is 0 Å². The van der Waals surface area contributed by atoms with Crippen LogP contribution in [0.1, 0.15) is 26.2 Å². The van der Waals surface area contributed by atoms with Crippen LogP contribution < -0.4 is 0 Å². The highest BCUT2D eigenvalue weighted by Crippen LogP contribution is 2.15. The van der Waals surface area contributed by atoms with Gasteiger partial charge in [-0.2, -0.15) is 0 Å². The number of piperidine rings is 1. The third-order valence-electron chi connectivity index (χ3n) is 2.36. The molecule has 1 saturated heterocycles. The van der Waals surface area contributed by atoms with E-state index < -0.39 is 0 Å². The summed E-state index contributed by atoms with van der Waals surface area (Å²) >= 11 is 0. The van der Waals surface area contributed by atoms with Crippen molar-refractivity contribution in [2.24, 2.45) is 0 Å². The molecule has 1 fully saturated rings. The summed E-state index contributed by atoms with van der Waals surface area (Å²) in [6.45, 7) is 3.84. The molecule has 0 saturated carbocycles. The van der Waals surface area contributed by atoms with Gasteiger partial charge in [0.2, 0.25) is 0 Å². The van der Waals surface area contributed by atoms with Crippen molar-refractivity contribution < 1.29 is 9.53 Å². The fourth-order valence-corrected chi connectivity index (χ4v) is 1.67. The lowest BCUT2D eigenvalue weighted by Gasteiger charge is -2.29. The topological polar surface area (TPSA) is 29.5 Å². The Kier molecular flexibility index (Phi) is 3.80. The molecule has 1 heterocycles. The fourth-order valence-electron chi connectivity index (χ4n) is 1.67. The molecular weight excluding hydrogens is 166 g/mol. The van der Waals surface area contributed by atoms with Gasteiger partial charge in [0, 0.05) is 13.1 Å². The normalized spacial score (nSPS) is 18.6. The summed E-state index contributed by atoms with van der Waals surface area (Å²) in [5, 5.41) is 0. The maximum atomic E-state index is 11.3. The van der Waals surface area contributed by atoms with Crippen molar-refractivity contribution in [2.45, 2.75) is 26.2 Å². The van der Waals surface area contributed by atoms with E-state index in [-0.39, 0.29) is 5.97 Å². The first-order chi connectivity index (χ1) is 6.29. The first-order valence-corrected chi connectivity index (χ1v) is 4.79. The second-order valence-corrected chi connectivity index (χ2v) is 3.21. The molecule has 0 aromatic heterocycles. The van der Waals surface area contributed by atoms with Gasteiger partial charge in [0.1, 0.15) is 5.70 Å². The van der Waals surface area contributed by atoms with Gasteiger partial charge in [0.25, 0.3) is 0 Å². The van der Waals surface area contributed by atoms with Crippen LogP contribution in [-0.2, 0) is 9.53 Å². The number of rotatable bonds is 2. The molecule has 0 amide bonds. The van der Waals surface area contributed by atoms with Crippen molar-refractivity contribution >= 4 is 5.97 Å². The second-order valence-electron chi connectivity index (χ2n) is 3.21. The Bertz CT molecular complexity index is 205. The van der Waals surface area contributed by atoms with E-state index >= 15 is 0 Å². The van der Waals surface area contributed by atoms with Crippen LogP contribution in [0.4, 0.5) is 0 Å².